The van der Waals surface area contributed by atoms with Gasteiger partial charge < -0.3 is 80.2 Å². The number of likely N-dealkylation sites (N-methyl/N-ethyl adjacent to an activating group) is 1. The minimum atomic E-state index is -2.92. The average molecular weight is 620 g/mol. The van der Waals surface area contributed by atoms with Crippen LogP contribution in [0.3, 0.4) is 0 Å². The molecule has 18 nitrogen and oxygen atoms in total. The first-order valence-electron chi connectivity index (χ1n) is 13.6. The summed E-state index contributed by atoms with van der Waals surface area (Å²) < 4.78 is 21.1. The number of rotatable bonds is 15. The fraction of sp³-hybridized carbons (Fsp3) is 0.958. The second-order valence-corrected chi connectivity index (χ2v) is 10.4. The average Bonchev–Trinajstić information content (AvgIpc) is 2.97. The number of nitrogens with zero attached hydrogens (tertiary/aromatic N) is 1. The van der Waals surface area contributed by atoms with Crippen molar-refractivity contribution < 1.29 is 85.0 Å². The highest BCUT2D eigenvalue weighted by Crippen LogP contribution is 2.28. The van der Waals surface area contributed by atoms with Crippen LogP contribution in [0.25, 0.3) is 0 Å². The lowest BCUT2D eigenvalue weighted by atomic mass is 9.83. The third-order valence-corrected chi connectivity index (χ3v) is 7.88. The number of hydrogen-bond donors (Lipinski definition) is 12. The van der Waals surface area contributed by atoms with Gasteiger partial charge in [-0.2, -0.15) is 0 Å². The predicted molar refractivity (Wildman–Crippen MR) is 135 cm³/mol. The molecule has 12 N–H and O–H groups in total. The van der Waals surface area contributed by atoms with Gasteiger partial charge in [0.05, 0.1) is 19.8 Å². The van der Waals surface area contributed by atoms with E-state index in [-0.39, 0.29) is 0 Å². The Kier molecular flexibility index (Phi) is 13.8. The first-order chi connectivity index (χ1) is 19.6. The molecule has 2 rings (SSSR count). The molecule has 42 heavy (non-hydrogen) atoms. The van der Waals surface area contributed by atoms with Crippen LogP contribution >= 0.6 is 0 Å². The lowest BCUT2D eigenvalue weighted by Gasteiger charge is -2.43. The van der Waals surface area contributed by atoms with Crippen molar-refractivity contribution in [2.45, 2.75) is 112 Å². The van der Waals surface area contributed by atoms with Gasteiger partial charge in [-0.1, -0.05) is 13.8 Å². The number of aliphatic hydroxyl groups is 11. The molecule has 0 spiro atoms. The summed E-state index contributed by atoms with van der Waals surface area (Å²) in [4.78, 5) is 13.5. The topological polar surface area (TPSA) is 300 Å². The summed E-state index contributed by atoms with van der Waals surface area (Å²) in [6.45, 7) is 3.01. The molecule has 2 aliphatic rings. The Balaban J connectivity index is 2.06. The van der Waals surface area contributed by atoms with Gasteiger partial charge in [-0.3, -0.25) is 4.90 Å². The van der Waals surface area contributed by atoms with Crippen molar-refractivity contribution >= 4 is 5.97 Å². The van der Waals surface area contributed by atoms with Gasteiger partial charge in [0.2, 0.25) is 5.60 Å². The molecule has 0 aromatic rings. The van der Waals surface area contributed by atoms with Crippen molar-refractivity contribution in [1.29, 1.82) is 0 Å². The zero-order valence-electron chi connectivity index (χ0n) is 23.5. The van der Waals surface area contributed by atoms with Gasteiger partial charge in [-0.15, -0.1) is 0 Å². The molecule has 2 heterocycles. The van der Waals surface area contributed by atoms with Crippen molar-refractivity contribution in [3.05, 3.63) is 0 Å². The first-order valence-corrected chi connectivity index (χ1v) is 13.6. The lowest BCUT2D eigenvalue weighted by Crippen LogP contribution is -2.67. The van der Waals surface area contributed by atoms with Gasteiger partial charge in [0.25, 0.3) is 0 Å². The second kappa shape index (κ2) is 15.7. The summed E-state index contributed by atoms with van der Waals surface area (Å²) in [6, 6.07) is -1.20. The molecule has 0 aromatic carbocycles. The molecule has 0 saturated carbocycles. The van der Waals surface area contributed by atoms with Crippen LogP contribution in [0, 0.1) is 0 Å². The Bertz CT molecular complexity index is 835. The van der Waals surface area contributed by atoms with Crippen molar-refractivity contribution in [3.8, 4) is 0 Å². The highest BCUT2D eigenvalue weighted by molar-refractivity contribution is 5.79. The first kappa shape index (κ1) is 37.0. The van der Waals surface area contributed by atoms with E-state index in [9.17, 15) is 66.1 Å². The Labute approximate surface area is 241 Å². The molecule has 18 heteroatoms. The molecule has 1 unspecified atom stereocenters. The lowest BCUT2D eigenvalue weighted by molar-refractivity contribution is -0.333. The summed E-state index contributed by atoms with van der Waals surface area (Å²) in [6.07, 6.45) is -23.6. The molecule has 0 aliphatic carbocycles. The molecular weight excluding hydrogens is 574 g/mol. The van der Waals surface area contributed by atoms with Crippen LogP contribution in [0.2, 0.25) is 0 Å². The molecule has 2 saturated heterocycles. The van der Waals surface area contributed by atoms with E-state index in [1.54, 1.807) is 13.8 Å². The number of aliphatic hydroxyl groups excluding tert-OH is 10. The third-order valence-electron chi connectivity index (χ3n) is 7.88. The molecule has 0 aromatic heterocycles. The quantitative estimate of drug-likeness (QED) is 0.0810. The molecule has 0 radical (unpaired) electrons. The molecule has 2 fully saturated rings. The highest BCUT2D eigenvalue weighted by atomic mass is 16.7. The monoisotopic (exact) mass is 619 g/mol. The van der Waals surface area contributed by atoms with Gasteiger partial charge >= 0.3 is 5.97 Å². The third kappa shape index (κ3) is 7.72. The van der Waals surface area contributed by atoms with Crippen LogP contribution in [-0.2, 0) is 23.7 Å². The number of carboxylic acids is 1. The molecule has 0 amide bonds. The largest absolute Gasteiger partial charge is 0.479 e. The van der Waals surface area contributed by atoms with Gasteiger partial charge in [0.1, 0.15) is 67.1 Å². The van der Waals surface area contributed by atoms with Crippen molar-refractivity contribution in [2.75, 3.05) is 32.9 Å². The second-order valence-electron chi connectivity index (χ2n) is 10.4. The number of carboxylic acid groups (broad SMARTS) is 1. The number of carbonyl (C=O) groups is 1. The number of ether oxygens (including phenoxy) is 4. The minimum Gasteiger partial charge on any atom is -0.479 e. The molecule has 0 bridgehead atoms. The standard InChI is InChI=1S/C24H45NO17/c1-4-25(5-2)9(3)24(38,23(36)37)20(35)13(28)10(27)7-39-21-19(34)17(32)15(30)12(42-21)8-40-22-18(33)16(31)14(29)11(6-26)41-22/h9-22,26-35,38H,4-8H2,1-3H3,(H,36,37)/t9?,10-,11-,12-,13-,14-,15-,16+,17+,18-,19-,20+,21+,22+,24-/m1/s1. The van der Waals surface area contributed by atoms with Crippen molar-refractivity contribution in [2.24, 2.45) is 0 Å². The van der Waals surface area contributed by atoms with Gasteiger partial charge in [-0.05, 0) is 20.0 Å². The van der Waals surface area contributed by atoms with E-state index in [4.69, 9.17) is 18.9 Å². The summed E-state index contributed by atoms with van der Waals surface area (Å²) >= 11 is 0. The Morgan fingerprint density at radius 3 is 1.79 bits per heavy atom. The van der Waals surface area contributed by atoms with Crippen LogP contribution in [0.15, 0.2) is 0 Å². The molecule has 248 valence electrons. The van der Waals surface area contributed by atoms with E-state index < -0.39 is 117 Å². The van der Waals surface area contributed by atoms with Gasteiger partial charge in [0, 0.05) is 6.04 Å². The summed E-state index contributed by atoms with van der Waals surface area (Å²) in [5, 5.41) is 122. The van der Waals surface area contributed by atoms with E-state index in [2.05, 4.69) is 0 Å². The van der Waals surface area contributed by atoms with Crippen molar-refractivity contribution in [1.82, 2.24) is 4.90 Å². The van der Waals surface area contributed by atoms with E-state index >= 15 is 0 Å². The summed E-state index contributed by atoms with van der Waals surface area (Å²) in [5.41, 5.74) is -2.92. The molecule has 15 atom stereocenters. The minimum absolute atomic E-state index is 0.300. The Morgan fingerprint density at radius 1 is 0.833 bits per heavy atom. The highest BCUT2D eigenvalue weighted by Gasteiger charge is 2.54. The maximum Gasteiger partial charge on any atom is 0.340 e. The van der Waals surface area contributed by atoms with Crippen LogP contribution < -0.4 is 0 Å². The fourth-order valence-corrected chi connectivity index (χ4v) is 4.95. The fourth-order valence-electron chi connectivity index (χ4n) is 4.95. The maximum absolute atomic E-state index is 11.9. The van der Waals surface area contributed by atoms with Crippen molar-refractivity contribution in [3.63, 3.8) is 0 Å². The van der Waals surface area contributed by atoms with Gasteiger partial charge in [-0.25, -0.2) is 4.79 Å². The SMILES string of the molecule is CCN(CC)C(C)[C@](O)(C(=O)O)[C@@H](O)[C@H](O)[C@H](O)CO[C@H]1O[C@H](CO[C@H]2O[C@H](CO)[C@@H](O)[C@H](O)[C@H]2O)[C@@H](O)[C@H](O)[C@H]1O. The smallest absolute Gasteiger partial charge is 0.340 e. The molecule has 2 aliphatic heterocycles. The van der Waals surface area contributed by atoms with Crippen LogP contribution in [0.1, 0.15) is 20.8 Å². The van der Waals surface area contributed by atoms with Crippen LogP contribution in [-0.4, -0.2) is 196 Å². The molecular formula is C24H45NO17. The zero-order chi connectivity index (χ0) is 32.1. The summed E-state index contributed by atoms with van der Waals surface area (Å²) in [7, 11) is 0. The zero-order valence-corrected chi connectivity index (χ0v) is 23.5. The number of hydrogen-bond acceptors (Lipinski definition) is 17. The normalized spacial score (nSPS) is 38.5. The number of aliphatic carboxylic acids is 1. The van der Waals surface area contributed by atoms with E-state index in [1.807, 2.05) is 0 Å². The van der Waals surface area contributed by atoms with Crippen LogP contribution in [0.5, 0.6) is 0 Å². The Morgan fingerprint density at radius 2 is 1.31 bits per heavy atom. The summed E-state index contributed by atoms with van der Waals surface area (Å²) in [5.74, 6) is -1.85. The maximum atomic E-state index is 11.9. The van der Waals surface area contributed by atoms with E-state index in [1.165, 1.54) is 11.8 Å². The van der Waals surface area contributed by atoms with Crippen LogP contribution in [0.4, 0.5) is 0 Å². The van der Waals surface area contributed by atoms with E-state index in [0.717, 1.165) is 0 Å². The predicted octanol–water partition coefficient (Wildman–Crippen LogP) is -6.74. The van der Waals surface area contributed by atoms with Gasteiger partial charge in [0.15, 0.2) is 12.6 Å². The van der Waals surface area contributed by atoms with E-state index in [0.29, 0.717) is 13.1 Å². The Hall–Kier alpha value is -1.17.